The van der Waals surface area contributed by atoms with E-state index in [4.69, 9.17) is 0 Å². The minimum atomic E-state index is -0.0594. The Morgan fingerprint density at radius 3 is 2.95 bits per heavy atom. The van der Waals surface area contributed by atoms with E-state index in [0.717, 1.165) is 13.0 Å². The molecule has 0 radical (unpaired) electrons. The second-order valence-electron chi connectivity index (χ2n) is 5.83. The second-order valence-corrected chi connectivity index (χ2v) is 5.83. The van der Waals surface area contributed by atoms with E-state index in [0.29, 0.717) is 30.6 Å². The molecule has 2 rings (SSSR count). The Morgan fingerprint density at radius 1 is 1.55 bits per heavy atom. The Morgan fingerprint density at radius 2 is 2.35 bits per heavy atom. The van der Waals surface area contributed by atoms with Gasteiger partial charge >= 0.3 is 0 Å². The van der Waals surface area contributed by atoms with Crippen LogP contribution in [0.2, 0.25) is 0 Å². The molecule has 1 aromatic heterocycles. The number of hydrogen-bond acceptors (Lipinski definition) is 4. The minimum absolute atomic E-state index is 0.0272. The Hall–Kier alpha value is -1.62. The van der Waals surface area contributed by atoms with Gasteiger partial charge in [0.05, 0.1) is 11.8 Å². The lowest BCUT2D eigenvalue weighted by Gasteiger charge is -2.27. The van der Waals surface area contributed by atoms with Gasteiger partial charge in [0.2, 0.25) is 0 Å². The minimum Gasteiger partial charge on any atom is -0.506 e. The zero-order valence-electron chi connectivity index (χ0n) is 12.2. The highest BCUT2D eigenvalue weighted by Gasteiger charge is 2.23. The van der Waals surface area contributed by atoms with Gasteiger partial charge in [0.15, 0.2) is 0 Å². The average Bonchev–Trinajstić information content (AvgIpc) is 2.89. The highest BCUT2D eigenvalue weighted by atomic mass is 16.3. The summed E-state index contributed by atoms with van der Waals surface area (Å²) in [4.78, 5) is 18.3. The molecule has 1 saturated heterocycles. The maximum atomic E-state index is 12.6. The van der Waals surface area contributed by atoms with Gasteiger partial charge in [0, 0.05) is 25.3 Å². The first-order valence-electron chi connectivity index (χ1n) is 7.23. The molecule has 1 fully saturated rings. The summed E-state index contributed by atoms with van der Waals surface area (Å²) in [6, 6.07) is 1.85. The number of aromatic nitrogens is 1. The van der Waals surface area contributed by atoms with Crippen molar-refractivity contribution in [3.8, 4) is 5.75 Å². The van der Waals surface area contributed by atoms with Crippen LogP contribution in [0.4, 0.5) is 0 Å². The first-order chi connectivity index (χ1) is 9.56. The number of carbonyl (C=O) groups is 1. The first-order valence-corrected chi connectivity index (χ1v) is 7.23. The fourth-order valence-electron chi connectivity index (χ4n) is 2.59. The summed E-state index contributed by atoms with van der Waals surface area (Å²) < 4.78 is 0. The number of rotatable bonds is 5. The topological polar surface area (TPSA) is 65.5 Å². The zero-order chi connectivity index (χ0) is 14.5. The molecule has 5 heteroatoms. The second kappa shape index (κ2) is 6.70. The van der Waals surface area contributed by atoms with Gasteiger partial charge in [0.1, 0.15) is 5.75 Å². The molecule has 0 spiro atoms. The molecule has 1 unspecified atom stereocenters. The van der Waals surface area contributed by atoms with Gasteiger partial charge in [-0.3, -0.25) is 9.78 Å². The number of nitrogens with zero attached hydrogens (tertiary/aromatic N) is 2. The fourth-order valence-corrected chi connectivity index (χ4v) is 2.59. The van der Waals surface area contributed by atoms with E-state index in [1.54, 1.807) is 0 Å². The largest absolute Gasteiger partial charge is 0.506 e. The molecule has 0 bridgehead atoms. The van der Waals surface area contributed by atoms with Crippen LogP contribution in [0, 0.1) is 5.92 Å². The normalized spacial score (nSPS) is 18.4. The Balaban J connectivity index is 2.10. The molecule has 0 aliphatic carbocycles. The number of pyridine rings is 1. The summed E-state index contributed by atoms with van der Waals surface area (Å²) >= 11 is 0. The van der Waals surface area contributed by atoms with Gasteiger partial charge in [-0.25, -0.2) is 0 Å². The smallest absolute Gasteiger partial charge is 0.255 e. The van der Waals surface area contributed by atoms with Gasteiger partial charge in [-0.2, -0.15) is 0 Å². The standard InChI is InChI=1S/C15H23N3O2/c1-11(2)9-18(10-13-4-3-5-17-13)15(20)12-6-14(19)8-16-7-12/h6-8,11,13,17,19H,3-5,9-10H2,1-2H3. The lowest BCUT2D eigenvalue weighted by molar-refractivity contribution is 0.0720. The average molecular weight is 277 g/mol. The van der Waals surface area contributed by atoms with Crippen LogP contribution in [0.15, 0.2) is 18.5 Å². The zero-order valence-corrected chi connectivity index (χ0v) is 12.2. The van der Waals surface area contributed by atoms with Crippen LogP contribution >= 0.6 is 0 Å². The van der Waals surface area contributed by atoms with Crippen LogP contribution in [-0.4, -0.2) is 46.6 Å². The van der Waals surface area contributed by atoms with E-state index >= 15 is 0 Å². The Labute approximate surface area is 120 Å². The Bertz CT molecular complexity index is 456. The van der Waals surface area contributed by atoms with Crippen molar-refractivity contribution in [1.29, 1.82) is 0 Å². The van der Waals surface area contributed by atoms with Gasteiger partial charge in [0.25, 0.3) is 5.91 Å². The number of aromatic hydroxyl groups is 1. The van der Waals surface area contributed by atoms with Crippen molar-refractivity contribution in [2.75, 3.05) is 19.6 Å². The first kappa shape index (κ1) is 14.8. The monoisotopic (exact) mass is 277 g/mol. The third kappa shape index (κ3) is 3.93. The van der Waals surface area contributed by atoms with Crippen LogP contribution in [0.1, 0.15) is 37.0 Å². The third-order valence-electron chi connectivity index (χ3n) is 3.45. The van der Waals surface area contributed by atoms with Crippen molar-refractivity contribution < 1.29 is 9.90 Å². The van der Waals surface area contributed by atoms with Crippen LogP contribution < -0.4 is 5.32 Å². The van der Waals surface area contributed by atoms with E-state index in [1.165, 1.54) is 24.9 Å². The van der Waals surface area contributed by atoms with Gasteiger partial charge in [-0.05, 0) is 31.4 Å². The summed E-state index contributed by atoms with van der Waals surface area (Å²) in [6.07, 6.45) is 5.13. The lowest BCUT2D eigenvalue weighted by Crippen LogP contribution is -2.42. The molecule has 110 valence electrons. The summed E-state index contributed by atoms with van der Waals surface area (Å²) in [5, 5.41) is 12.9. The quantitative estimate of drug-likeness (QED) is 0.858. The SMILES string of the molecule is CC(C)CN(CC1CCCN1)C(=O)c1cncc(O)c1. The van der Waals surface area contributed by atoms with Gasteiger partial charge in [-0.15, -0.1) is 0 Å². The molecular formula is C15H23N3O2. The maximum absolute atomic E-state index is 12.6. The summed E-state index contributed by atoms with van der Waals surface area (Å²) in [5.41, 5.74) is 0.448. The molecule has 1 aliphatic heterocycles. The molecule has 0 aromatic carbocycles. The number of nitrogens with one attached hydrogen (secondary N) is 1. The summed E-state index contributed by atoms with van der Waals surface area (Å²) in [5.74, 6) is 0.376. The van der Waals surface area contributed by atoms with Crippen molar-refractivity contribution >= 4 is 5.91 Å². The third-order valence-corrected chi connectivity index (χ3v) is 3.45. The van der Waals surface area contributed by atoms with Gasteiger partial charge < -0.3 is 15.3 Å². The molecule has 1 amide bonds. The van der Waals surface area contributed by atoms with Crippen molar-refractivity contribution in [1.82, 2.24) is 15.2 Å². The van der Waals surface area contributed by atoms with Crippen LogP contribution in [0.3, 0.4) is 0 Å². The molecule has 1 aliphatic rings. The van der Waals surface area contributed by atoms with E-state index in [2.05, 4.69) is 24.1 Å². The number of hydrogen-bond donors (Lipinski definition) is 2. The van der Waals surface area contributed by atoms with Crippen molar-refractivity contribution in [2.24, 2.45) is 5.92 Å². The molecule has 0 saturated carbocycles. The highest BCUT2D eigenvalue weighted by molar-refractivity contribution is 5.94. The van der Waals surface area contributed by atoms with E-state index in [-0.39, 0.29) is 11.7 Å². The highest BCUT2D eigenvalue weighted by Crippen LogP contribution is 2.15. The van der Waals surface area contributed by atoms with Crippen LogP contribution in [0.5, 0.6) is 5.75 Å². The van der Waals surface area contributed by atoms with Crippen LogP contribution in [-0.2, 0) is 0 Å². The Kier molecular flexibility index (Phi) is 4.95. The summed E-state index contributed by atoms with van der Waals surface area (Å²) in [7, 11) is 0. The molecule has 1 atom stereocenters. The van der Waals surface area contributed by atoms with E-state index in [1.807, 2.05) is 4.90 Å². The van der Waals surface area contributed by atoms with Crippen LogP contribution in [0.25, 0.3) is 0 Å². The number of amides is 1. The van der Waals surface area contributed by atoms with Crippen molar-refractivity contribution in [2.45, 2.75) is 32.7 Å². The maximum Gasteiger partial charge on any atom is 0.255 e. The van der Waals surface area contributed by atoms with Crippen molar-refractivity contribution in [3.63, 3.8) is 0 Å². The van der Waals surface area contributed by atoms with Crippen molar-refractivity contribution in [3.05, 3.63) is 24.0 Å². The molecule has 2 heterocycles. The lowest BCUT2D eigenvalue weighted by atomic mass is 10.1. The molecule has 2 N–H and O–H groups in total. The molecule has 5 nitrogen and oxygen atoms in total. The summed E-state index contributed by atoms with van der Waals surface area (Å²) in [6.45, 7) is 6.66. The molecule has 20 heavy (non-hydrogen) atoms. The number of carbonyl (C=O) groups excluding carboxylic acids is 1. The van der Waals surface area contributed by atoms with Gasteiger partial charge in [-0.1, -0.05) is 13.8 Å². The molecular weight excluding hydrogens is 254 g/mol. The predicted octanol–water partition coefficient (Wildman–Crippen LogP) is 1.64. The fraction of sp³-hybridized carbons (Fsp3) is 0.600. The molecule has 1 aromatic rings. The van der Waals surface area contributed by atoms with E-state index < -0.39 is 0 Å². The predicted molar refractivity (Wildman–Crippen MR) is 77.7 cm³/mol. The van der Waals surface area contributed by atoms with E-state index in [9.17, 15) is 9.90 Å².